The van der Waals surface area contributed by atoms with Crippen LogP contribution in [-0.4, -0.2) is 47.6 Å². The minimum absolute atomic E-state index is 0.300. The van der Waals surface area contributed by atoms with Gasteiger partial charge in [0.15, 0.2) is 41.6 Å². The Morgan fingerprint density at radius 2 is 1.00 bits per heavy atom. The number of rotatable bonds is 3. The zero-order chi connectivity index (χ0) is 27.2. The molecular weight excluding hydrogens is 505 g/mol. The van der Waals surface area contributed by atoms with E-state index in [4.69, 9.17) is 0 Å². The highest BCUT2D eigenvalue weighted by Gasteiger charge is 2.63. The van der Waals surface area contributed by atoms with Crippen molar-refractivity contribution in [2.75, 3.05) is 14.1 Å². The number of nitrogens with zero attached hydrogens (tertiary/aromatic N) is 2. The zero-order valence-electron chi connectivity index (χ0n) is 19.9. The van der Waals surface area contributed by atoms with Crippen LogP contribution in [0.25, 0.3) is 0 Å². The Labute approximate surface area is 200 Å². The maximum absolute atomic E-state index is 15.1. The summed E-state index contributed by atoms with van der Waals surface area (Å²) < 4.78 is 146. The van der Waals surface area contributed by atoms with Gasteiger partial charge in [0.1, 0.15) is 34.8 Å². The van der Waals surface area contributed by atoms with Gasteiger partial charge in [0.2, 0.25) is 0 Å². The Morgan fingerprint density at radius 1 is 0.667 bits per heavy atom. The van der Waals surface area contributed by atoms with Gasteiger partial charge in [0.05, 0.1) is 19.8 Å². The molecule has 0 saturated heterocycles. The normalized spacial score (nSPS) is 23.3. The highest BCUT2D eigenvalue weighted by molar-refractivity contribution is 7.08. The van der Waals surface area contributed by atoms with Crippen LogP contribution in [0.15, 0.2) is 0 Å². The van der Waals surface area contributed by atoms with Crippen LogP contribution in [-0.2, 0) is 0 Å². The van der Waals surface area contributed by atoms with E-state index < -0.39 is 92.8 Å². The summed E-state index contributed by atoms with van der Waals surface area (Å²) in [6.07, 6.45) is 0.948. The lowest BCUT2D eigenvalue weighted by atomic mass is 9.37. The molecule has 2 aromatic carbocycles. The minimum atomic E-state index is -3.80. The third-order valence-electron chi connectivity index (χ3n) is 8.75. The first-order valence-electron chi connectivity index (χ1n) is 11.1. The van der Waals surface area contributed by atoms with E-state index in [-0.39, 0.29) is 5.73 Å². The average Bonchev–Trinajstić information content (AvgIpc) is 3.01. The third-order valence-corrected chi connectivity index (χ3v) is 8.75. The molecule has 0 aromatic heterocycles. The number of hydrogen-bond acceptors (Lipinski definition) is 1. The summed E-state index contributed by atoms with van der Waals surface area (Å²) in [5.41, 5.74) is -4.99. The molecule has 0 N–H and O–H groups in total. The molecule has 1 heterocycles. The van der Waals surface area contributed by atoms with Crippen molar-refractivity contribution in [1.29, 1.82) is 0 Å². The molecule has 1 saturated carbocycles. The maximum atomic E-state index is 15.1. The van der Waals surface area contributed by atoms with Crippen molar-refractivity contribution < 1.29 is 48.5 Å². The summed E-state index contributed by atoms with van der Waals surface area (Å²) in [6, 6.07) is -0.439. The van der Waals surface area contributed by atoms with Gasteiger partial charge in [0.25, 0.3) is 0 Å². The molecule has 13 heteroatoms. The van der Waals surface area contributed by atoms with Crippen molar-refractivity contribution in [1.82, 2.24) is 4.90 Å². The first kappa shape index (κ1) is 26.3. The van der Waals surface area contributed by atoms with Gasteiger partial charge < -0.3 is 4.58 Å². The summed E-state index contributed by atoms with van der Waals surface area (Å²) >= 11 is 0. The van der Waals surface area contributed by atoms with Crippen LogP contribution >= 0.6 is 0 Å². The molecule has 1 aliphatic heterocycles. The van der Waals surface area contributed by atoms with E-state index in [1.54, 1.807) is 6.92 Å². The minimum Gasteiger partial charge on any atom is -0.300 e. The highest BCUT2D eigenvalue weighted by atomic mass is 19.2. The van der Waals surface area contributed by atoms with E-state index in [9.17, 15) is 26.3 Å². The fourth-order valence-electron chi connectivity index (χ4n) is 6.34. The summed E-state index contributed by atoms with van der Waals surface area (Å²) in [4.78, 5) is 1.40. The van der Waals surface area contributed by atoms with Gasteiger partial charge in [-0.15, -0.1) is 10.9 Å². The van der Waals surface area contributed by atoms with Crippen LogP contribution in [0, 0.1) is 63.6 Å². The van der Waals surface area contributed by atoms with Gasteiger partial charge in [-0.1, -0.05) is 13.8 Å². The number of fused-ring (bicyclic) bond motifs is 2. The second-order valence-corrected chi connectivity index (χ2v) is 10.3. The lowest BCUT2D eigenvalue weighted by molar-refractivity contribution is -0.564. The standard InChI is InChI=1S/C23H21BF10N2/c1-22(2)8-6-7-23(22,3)36(5)21(35(8)4)24(9-11(25)15(29)19(33)16(30)12(9)26)10-13(27)17(31)20(34)18(32)14(10)28/h8,24H,6-7H2,1-5H3/t8-,23+/m0/s1. The fourth-order valence-corrected chi connectivity index (χ4v) is 6.34. The molecule has 2 nitrogen and oxygen atoms in total. The van der Waals surface area contributed by atoms with Crippen molar-refractivity contribution in [3.05, 3.63) is 58.2 Å². The first-order valence-corrected chi connectivity index (χ1v) is 11.1. The van der Waals surface area contributed by atoms with Gasteiger partial charge in [-0.25, -0.2) is 43.9 Å². The number of benzene rings is 2. The fraction of sp³-hybridized carbons (Fsp3) is 0.435. The molecule has 0 radical (unpaired) electrons. The second kappa shape index (κ2) is 8.14. The van der Waals surface area contributed by atoms with Crippen LogP contribution in [0.2, 0.25) is 0 Å². The maximum Gasteiger partial charge on any atom is 0.200 e. The molecular formula is C23H21BF10N2. The zero-order valence-corrected chi connectivity index (χ0v) is 19.9. The molecule has 0 spiro atoms. The number of hydrogen-bond donors (Lipinski definition) is 0. The molecule has 196 valence electrons. The summed E-state index contributed by atoms with van der Waals surface area (Å²) in [6.45, 7) is 1.68. The van der Waals surface area contributed by atoms with Gasteiger partial charge in [-0.3, -0.25) is 4.90 Å². The molecule has 0 unspecified atom stereocenters. The highest BCUT2D eigenvalue weighted by Crippen LogP contribution is 2.52. The Kier molecular flexibility index (Phi) is 5.96. The predicted molar refractivity (Wildman–Crippen MR) is 113 cm³/mol. The summed E-state index contributed by atoms with van der Waals surface area (Å²) in [5, 5.41) is 0. The Bertz CT molecular complexity index is 1210. The molecule has 1 aliphatic carbocycles. The van der Waals surface area contributed by atoms with Gasteiger partial charge in [-0.2, -0.15) is 0 Å². The lowest BCUT2D eigenvalue weighted by Gasteiger charge is -2.52. The summed E-state index contributed by atoms with van der Waals surface area (Å²) in [5.74, 6) is -24.3. The van der Waals surface area contributed by atoms with Crippen LogP contribution in [0.3, 0.4) is 0 Å². The SMILES string of the molecule is CN1C([BH-](c2c(F)c(F)c(F)c(F)c2F)c2c(F)c(F)c(F)c(F)c2F)=[N+](C)[C@H]2CC[C@]1(C)C2(C)C. The van der Waals surface area contributed by atoms with E-state index in [2.05, 4.69) is 0 Å². The number of amidine groups is 1. The van der Waals surface area contributed by atoms with Crippen LogP contribution < -0.4 is 10.9 Å². The predicted octanol–water partition coefficient (Wildman–Crippen LogP) is 3.89. The van der Waals surface area contributed by atoms with E-state index >= 15 is 17.6 Å². The van der Waals surface area contributed by atoms with Gasteiger partial charge in [-0.05, 0) is 19.8 Å². The quantitative estimate of drug-likeness (QED) is 0.194. The van der Waals surface area contributed by atoms with Crippen LogP contribution in [0.5, 0.6) is 0 Å². The Hall–Kier alpha value is -2.73. The topological polar surface area (TPSA) is 6.25 Å². The van der Waals surface area contributed by atoms with E-state index in [0.717, 1.165) is 0 Å². The third kappa shape index (κ3) is 3.09. The molecule has 0 amide bonds. The van der Waals surface area contributed by atoms with E-state index in [1.165, 1.54) is 23.6 Å². The smallest absolute Gasteiger partial charge is 0.200 e. The van der Waals surface area contributed by atoms with Crippen LogP contribution in [0.1, 0.15) is 33.6 Å². The second-order valence-electron chi connectivity index (χ2n) is 10.3. The largest absolute Gasteiger partial charge is 0.300 e. The molecule has 1 fully saturated rings. The first-order chi connectivity index (χ1) is 16.5. The van der Waals surface area contributed by atoms with Crippen molar-refractivity contribution in [2.24, 2.45) is 5.41 Å². The summed E-state index contributed by atoms with van der Waals surface area (Å²) in [7, 11) is 2.79. The van der Waals surface area contributed by atoms with Crippen molar-refractivity contribution in [2.45, 2.75) is 45.2 Å². The van der Waals surface area contributed by atoms with Crippen molar-refractivity contribution in [3.63, 3.8) is 0 Å². The molecule has 2 aliphatic rings. The Morgan fingerprint density at radius 3 is 1.36 bits per heavy atom. The molecule has 2 aromatic rings. The average molecular weight is 526 g/mol. The lowest BCUT2D eigenvalue weighted by Crippen LogP contribution is -2.71. The number of halogens is 10. The van der Waals surface area contributed by atoms with Crippen molar-refractivity contribution >= 4 is 23.4 Å². The van der Waals surface area contributed by atoms with E-state index in [1.807, 2.05) is 13.8 Å². The Balaban J connectivity index is 2.21. The molecule has 4 rings (SSSR count). The van der Waals surface area contributed by atoms with Crippen LogP contribution in [0.4, 0.5) is 43.9 Å². The monoisotopic (exact) mass is 526 g/mol. The van der Waals surface area contributed by atoms with Gasteiger partial charge in [0, 0.05) is 5.41 Å². The molecule has 2 bridgehead atoms. The van der Waals surface area contributed by atoms with E-state index in [0.29, 0.717) is 12.8 Å². The van der Waals surface area contributed by atoms with Crippen molar-refractivity contribution in [3.8, 4) is 0 Å². The van der Waals surface area contributed by atoms with Gasteiger partial charge >= 0.3 is 0 Å². The molecule has 2 atom stereocenters. The molecule has 36 heavy (non-hydrogen) atoms.